The number of methoxy groups -OCH3 is 1. The second-order valence-electron chi connectivity index (χ2n) is 6.25. The molecule has 1 aliphatic rings. The second-order valence-corrected chi connectivity index (χ2v) is 8.03. The average molecular weight is 377 g/mol. The van der Waals surface area contributed by atoms with Crippen molar-refractivity contribution in [1.82, 2.24) is 14.7 Å². The lowest BCUT2D eigenvalue weighted by atomic mass is 10.1. The molecule has 1 fully saturated rings. The third kappa shape index (κ3) is 5.13. The Kier molecular flexibility index (Phi) is 5.70. The number of sulfonamides is 1. The van der Waals surface area contributed by atoms with E-state index in [0.29, 0.717) is 24.9 Å². The van der Waals surface area contributed by atoms with Crippen molar-refractivity contribution in [3.63, 3.8) is 0 Å². The van der Waals surface area contributed by atoms with E-state index in [9.17, 15) is 8.76 Å². The molecule has 0 amide bonds. The third-order valence-electron chi connectivity index (χ3n) is 4.16. The van der Waals surface area contributed by atoms with Crippen LogP contribution in [0.2, 0.25) is 0 Å². The Labute approximate surface area is 154 Å². The van der Waals surface area contributed by atoms with Gasteiger partial charge in [0.1, 0.15) is 28.2 Å². The molecule has 0 aliphatic carbocycles. The van der Waals surface area contributed by atoms with E-state index in [1.54, 1.807) is 13.3 Å². The van der Waals surface area contributed by atoms with Gasteiger partial charge in [-0.15, -0.1) is 4.72 Å². The maximum atomic E-state index is 11.3. The minimum atomic E-state index is -3.17. The molecular weight excluding hydrogens is 354 g/mol. The maximum Gasteiger partial charge on any atom is 0.227 e. The van der Waals surface area contributed by atoms with Gasteiger partial charge in [-0.1, -0.05) is 4.21 Å². The normalized spacial score (nSPS) is 17.6. The standard InChI is InChI=1S/C17H23N5O3S/c1-25-15-5-3-13(4-6-15)19-16-7-10-18-17(20-16)22-11-8-14(9-12-22)21-26(2,23)24/h3-7,10,14H,8-9,11-12H2,1-2H3,(H2-,18,19,20,21,23,24). The molecule has 2 N–H and O–H groups in total. The number of benzene rings is 1. The van der Waals surface area contributed by atoms with Gasteiger partial charge in [0.05, 0.1) is 13.2 Å². The molecule has 0 radical (unpaired) electrons. The van der Waals surface area contributed by atoms with Crippen LogP contribution in [0.15, 0.2) is 36.5 Å². The molecule has 0 spiro atoms. The first-order chi connectivity index (χ1) is 12.4. The van der Waals surface area contributed by atoms with Crippen molar-refractivity contribution in [3.05, 3.63) is 36.5 Å². The SMILES string of the molecule is COc1ccc(Nc2ccnc(N3CCC(N[S+](C)(=O)[O-])CC3)n2)cc1. The molecule has 2 heterocycles. The summed E-state index contributed by atoms with van der Waals surface area (Å²) in [5, 5.41) is 3.25. The van der Waals surface area contributed by atoms with Gasteiger partial charge in [-0.2, -0.15) is 4.98 Å². The summed E-state index contributed by atoms with van der Waals surface area (Å²) in [6, 6.07) is 9.38. The average Bonchev–Trinajstić information content (AvgIpc) is 2.62. The first kappa shape index (κ1) is 18.6. The van der Waals surface area contributed by atoms with E-state index in [1.807, 2.05) is 30.3 Å². The Morgan fingerprint density at radius 3 is 2.54 bits per heavy atom. The van der Waals surface area contributed by atoms with E-state index in [2.05, 4.69) is 24.9 Å². The minimum Gasteiger partial charge on any atom is -0.598 e. The summed E-state index contributed by atoms with van der Waals surface area (Å²) in [4.78, 5) is 11.0. The highest BCUT2D eigenvalue weighted by Crippen LogP contribution is 2.21. The van der Waals surface area contributed by atoms with Crippen LogP contribution < -0.4 is 19.7 Å². The van der Waals surface area contributed by atoms with Gasteiger partial charge < -0.3 is 19.5 Å². The quantitative estimate of drug-likeness (QED) is 0.742. The van der Waals surface area contributed by atoms with Crippen LogP contribution in [0.1, 0.15) is 12.8 Å². The number of anilines is 3. The number of rotatable bonds is 6. The van der Waals surface area contributed by atoms with Crippen LogP contribution in [-0.4, -0.2) is 47.0 Å². The van der Waals surface area contributed by atoms with E-state index in [1.165, 1.54) is 6.26 Å². The number of hydrogen-bond acceptors (Lipinski definition) is 7. The zero-order valence-corrected chi connectivity index (χ0v) is 15.7. The molecule has 26 heavy (non-hydrogen) atoms. The zero-order valence-electron chi connectivity index (χ0n) is 14.8. The fraction of sp³-hybridized carbons (Fsp3) is 0.412. The number of nitrogens with zero attached hydrogens (tertiary/aromatic N) is 3. The predicted octanol–water partition coefficient (Wildman–Crippen LogP) is 1.96. The van der Waals surface area contributed by atoms with Gasteiger partial charge in [0.2, 0.25) is 5.95 Å². The first-order valence-corrected chi connectivity index (χ1v) is 10.3. The van der Waals surface area contributed by atoms with Crippen molar-refractivity contribution in [1.29, 1.82) is 0 Å². The Hall–Kier alpha value is -2.23. The van der Waals surface area contributed by atoms with Gasteiger partial charge in [-0.3, -0.25) is 0 Å². The van der Waals surface area contributed by atoms with E-state index < -0.39 is 10.4 Å². The van der Waals surface area contributed by atoms with Gasteiger partial charge >= 0.3 is 0 Å². The molecule has 0 saturated carbocycles. The van der Waals surface area contributed by atoms with Gasteiger partial charge in [-0.25, -0.2) is 4.98 Å². The van der Waals surface area contributed by atoms with Crippen molar-refractivity contribution in [2.45, 2.75) is 18.9 Å². The van der Waals surface area contributed by atoms with Crippen LogP contribution in [-0.2, 0) is 14.6 Å². The molecule has 1 atom stereocenters. The van der Waals surface area contributed by atoms with Crippen LogP contribution in [0, 0.1) is 0 Å². The summed E-state index contributed by atoms with van der Waals surface area (Å²) in [7, 11) is -1.54. The number of nitrogens with one attached hydrogen (secondary N) is 2. The molecule has 8 nitrogen and oxygen atoms in total. The Morgan fingerprint density at radius 2 is 1.92 bits per heavy atom. The summed E-state index contributed by atoms with van der Waals surface area (Å²) in [6.45, 7) is 1.42. The lowest BCUT2D eigenvalue weighted by Crippen LogP contribution is -2.46. The van der Waals surface area contributed by atoms with E-state index in [-0.39, 0.29) is 6.04 Å². The van der Waals surface area contributed by atoms with Gasteiger partial charge in [-0.05, 0) is 43.2 Å². The van der Waals surface area contributed by atoms with Gasteiger partial charge in [0.25, 0.3) is 0 Å². The van der Waals surface area contributed by atoms with Crippen LogP contribution in [0.4, 0.5) is 17.5 Å². The number of hydrogen-bond donors (Lipinski definition) is 2. The Balaban J connectivity index is 1.61. The topological polar surface area (TPSA) is 102 Å². The molecule has 1 aliphatic heterocycles. The monoisotopic (exact) mass is 377 g/mol. The first-order valence-electron chi connectivity index (χ1n) is 8.39. The van der Waals surface area contributed by atoms with E-state index >= 15 is 0 Å². The largest absolute Gasteiger partial charge is 0.598 e. The van der Waals surface area contributed by atoms with Crippen molar-refractivity contribution >= 4 is 27.9 Å². The third-order valence-corrected chi connectivity index (χ3v) is 4.93. The number of piperidine rings is 1. The van der Waals surface area contributed by atoms with Crippen molar-refractivity contribution in [3.8, 4) is 5.75 Å². The summed E-state index contributed by atoms with van der Waals surface area (Å²) in [5.74, 6) is 2.14. The van der Waals surface area contributed by atoms with Crippen LogP contribution in [0.3, 0.4) is 0 Å². The highest BCUT2D eigenvalue weighted by Gasteiger charge is 2.25. The predicted molar refractivity (Wildman–Crippen MR) is 101 cm³/mol. The number of ether oxygens (including phenoxy) is 1. The highest BCUT2D eigenvalue weighted by atomic mass is 32.3. The van der Waals surface area contributed by atoms with Gasteiger partial charge in [0.15, 0.2) is 0 Å². The molecule has 140 valence electrons. The smallest absolute Gasteiger partial charge is 0.227 e. The van der Waals surface area contributed by atoms with Crippen molar-refractivity contribution < 1.29 is 13.5 Å². The molecule has 1 aromatic heterocycles. The van der Waals surface area contributed by atoms with Crippen LogP contribution >= 0.6 is 0 Å². The summed E-state index contributed by atoms with van der Waals surface area (Å²) >= 11 is 0. The lowest BCUT2D eigenvalue weighted by molar-refractivity contribution is 0.415. The minimum absolute atomic E-state index is 0.0261. The molecule has 1 aromatic carbocycles. The second kappa shape index (κ2) is 7.98. The number of aromatic nitrogens is 2. The highest BCUT2D eigenvalue weighted by molar-refractivity contribution is 7.95. The Bertz CT molecular complexity index is 772. The lowest BCUT2D eigenvalue weighted by Gasteiger charge is -2.32. The fourth-order valence-electron chi connectivity index (χ4n) is 2.89. The van der Waals surface area contributed by atoms with Gasteiger partial charge in [0, 0.05) is 25.0 Å². The molecule has 2 aromatic rings. The van der Waals surface area contributed by atoms with E-state index in [0.717, 1.165) is 24.3 Å². The molecule has 1 saturated heterocycles. The van der Waals surface area contributed by atoms with Crippen LogP contribution in [0.25, 0.3) is 0 Å². The molecular formula is C17H23N5O3S. The van der Waals surface area contributed by atoms with E-state index in [4.69, 9.17) is 4.74 Å². The molecule has 3 rings (SSSR count). The molecule has 9 heteroatoms. The zero-order chi connectivity index (χ0) is 18.6. The summed E-state index contributed by atoms with van der Waals surface area (Å²) in [6.07, 6.45) is 4.37. The van der Waals surface area contributed by atoms with Crippen molar-refractivity contribution in [2.75, 3.05) is 36.7 Å². The summed E-state index contributed by atoms with van der Waals surface area (Å²) < 4.78 is 30.5. The maximum absolute atomic E-state index is 11.3. The molecule has 0 bridgehead atoms. The summed E-state index contributed by atoms with van der Waals surface area (Å²) in [5.41, 5.74) is 0.909. The van der Waals surface area contributed by atoms with Crippen molar-refractivity contribution in [2.24, 2.45) is 0 Å². The fourth-order valence-corrected chi connectivity index (χ4v) is 3.73. The Morgan fingerprint density at radius 1 is 1.23 bits per heavy atom. The molecule has 1 unspecified atom stereocenters. The van der Waals surface area contributed by atoms with Crippen LogP contribution in [0.5, 0.6) is 5.75 Å².